The van der Waals surface area contributed by atoms with Gasteiger partial charge in [0.2, 0.25) is 0 Å². The molecule has 1 heterocycles. The van der Waals surface area contributed by atoms with Crippen LogP contribution in [0, 0.1) is 0 Å². The molecule has 0 bridgehead atoms. The van der Waals surface area contributed by atoms with Crippen LogP contribution in [0.5, 0.6) is 0 Å². The second kappa shape index (κ2) is 3.15. The molecule has 1 rings (SSSR count). The lowest BCUT2D eigenvalue weighted by molar-refractivity contribution is 0.173. The maximum absolute atomic E-state index is 5.27. The Morgan fingerprint density at radius 2 is 2.62 bits per heavy atom. The first-order chi connectivity index (χ1) is 3.93. The van der Waals surface area contributed by atoms with Gasteiger partial charge in [0.1, 0.15) is 5.44 Å². The van der Waals surface area contributed by atoms with E-state index in [1.54, 1.807) is 0 Å². The fraction of sp³-hybridized carbons (Fsp3) is 0.667. The van der Waals surface area contributed by atoms with Gasteiger partial charge in [-0.25, -0.2) is 0 Å². The maximum Gasteiger partial charge on any atom is 0.121 e. The molecule has 0 saturated carbocycles. The van der Waals surface area contributed by atoms with Crippen LogP contribution in [0.3, 0.4) is 0 Å². The number of hydrogen-bond acceptors (Lipinski definition) is 2. The Balaban J connectivity index is 2.24. The molecular weight excluding hydrogens is 120 g/mol. The summed E-state index contributed by atoms with van der Waals surface area (Å²) in [6.07, 6.45) is 4.11. The third kappa shape index (κ3) is 1.53. The lowest BCUT2D eigenvalue weighted by Gasteiger charge is -1.97. The second-order valence-electron chi connectivity index (χ2n) is 1.64. The van der Waals surface area contributed by atoms with E-state index in [-0.39, 0.29) is 0 Å². The Hall–Kier alpha value is 0.0500. The smallest absolute Gasteiger partial charge is 0.121 e. The molecule has 1 fully saturated rings. The molecule has 0 aromatic rings. The van der Waals surface area contributed by atoms with Gasteiger partial charge in [-0.1, -0.05) is 12.2 Å². The minimum absolute atomic E-state index is 0.347. The van der Waals surface area contributed by atoms with Gasteiger partial charge < -0.3 is 4.74 Å². The van der Waals surface area contributed by atoms with Crippen molar-refractivity contribution in [1.29, 1.82) is 0 Å². The standard InChI is InChI=1S/C6H10OS/c1-2-3-6-7-4-5-8-6/h2-3,6H,4-5H2,1H3/b3-2+. The zero-order chi connectivity index (χ0) is 5.82. The van der Waals surface area contributed by atoms with Crippen molar-refractivity contribution in [3.63, 3.8) is 0 Å². The van der Waals surface area contributed by atoms with E-state index in [9.17, 15) is 0 Å². The van der Waals surface area contributed by atoms with Crippen LogP contribution in [0.1, 0.15) is 6.92 Å². The number of allylic oxidation sites excluding steroid dienone is 1. The molecule has 1 unspecified atom stereocenters. The Morgan fingerprint density at radius 1 is 1.75 bits per heavy atom. The maximum atomic E-state index is 5.27. The van der Waals surface area contributed by atoms with Crippen molar-refractivity contribution in [3.8, 4) is 0 Å². The molecule has 0 aliphatic carbocycles. The molecule has 1 nitrogen and oxygen atoms in total. The third-order valence-corrected chi connectivity index (χ3v) is 2.02. The van der Waals surface area contributed by atoms with Gasteiger partial charge in [-0.15, -0.1) is 11.8 Å². The van der Waals surface area contributed by atoms with Crippen molar-refractivity contribution in [2.24, 2.45) is 0 Å². The SMILES string of the molecule is C/C=C/C1OCCS1. The Kier molecular flexibility index (Phi) is 2.43. The van der Waals surface area contributed by atoms with Crippen LogP contribution in [0.25, 0.3) is 0 Å². The monoisotopic (exact) mass is 130 g/mol. The summed E-state index contributed by atoms with van der Waals surface area (Å²) in [7, 11) is 0. The van der Waals surface area contributed by atoms with E-state index < -0.39 is 0 Å². The number of rotatable bonds is 1. The van der Waals surface area contributed by atoms with Crippen molar-refractivity contribution in [2.45, 2.75) is 12.4 Å². The summed E-state index contributed by atoms with van der Waals surface area (Å²) in [4.78, 5) is 0. The summed E-state index contributed by atoms with van der Waals surface area (Å²) in [6, 6.07) is 0. The van der Waals surface area contributed by atoms with Gasteiger partial charge in [-0.2, -0.15) is 0 Å². The molecule has 1 atom stereocenters. The molecule has 1 aliphatic heterocycles. The first-order valence-corrected chi connectivity index (χ1v) is 3.84. The van der Waals surface area contributed by atoms with Gasteiger partial charge in [0, 0.05) is 5.75 Å². The van der Waals surface area contributed by atoms with Gasteiger partial charge in [-0.3, -0.25) is 0 Å². The highest BCUT2D eigenvalue weighted by molar-refractivity contribution is 8.00. The topological polar surface area (TPSA) is 9.23 Å². The molecule has 0 radical (unpaired) electrons. The van der Waals surface area contributed by atoms with E-state index in [0.29, 0.717) is 5.44 Å². The third-order valence-electron chi connectivity index (χ3n) is 0.997. The highest BCUT2D eigenvalue weighted by atomic mass is 32.2. The van der Waals surface area contributed by atoms with Crippen molar-refractivity contribution in [1.82, 2.24) is 0 Å². The molecule has 0 aromatic carbocycles. The molecule has 1 saturated heterocycles. The second-order valence-corrected chi connectivity index (χ2v) is 2.84. The average Bonchev–Trinajstić information content (AvgIpc) is 2.19. The minimum atomic E-state index is 0.347. The largest absolute Gasteiger partial charge is 0.363 e. The highest BCUT2D eigenvalue weighted by Gasteiger charge is 2.10. The van der Waals surface area contributed by atoms with Crippen LogP contribution >= 0.6 is 11.8 Å². The number of ether oxygens (including phenoxy) is 1. The zero-order valence-corrected chi connectivity index (χ0v) is 5.78. The first-order valence-electron chi connectivity index (χ1n) is 2.79. The van der Waals surface area contributed by atoms with E-state index in [2.05, 4.69) is 6.08 Å². The van der Waals surface area contributed by atoms with Gasteiger partial charge in [0.05, 0.1) is 6.61 Å². The summed E-state index contributed by atoms with van der Waals surface area (Å²) in [5.41, 5.74) is 0.347. The zero-order valence-electron chi connectivity index (χ0n) is 4.96. The van der Waals surface area contributed by atoms with Crippen LogP contribution in [-0.4, -0.2) is 17.8 Å². The van der Waals surface area contributed by atoms with Gasteiger partial charge in [0.15, 0.2) is 0 Å². The fourth-order valence-corrected chi connectivity index (χ4v) is 1.53. The molecule has 0 N–H and O–H groups in total. The van der Waals surface area contributed by atoms with Crippen LogP contribution in [-0.2, 0) is 4.74 Å². The van der Waals surface area contributed by atoms with E-state index >= 15 is 0 Å². The van der Waals surface area contributed by atoms with Gasteiger partial charge in [0.25, 0.3) is 0 Å². The molecule has 0 aromatic heterocycles. The van der Waals surface area contributed by atoms with Crippen LogP contribution in [0.2, 0.25) is 0 Å². The quantitative estimate of drug-likeness (QED) is 0.499. The molecule has 0 amide bonds. The predicted octanol–water partition coefficient (Wildman–Crippen LogP) is 1.65. The van der Waals surface area contributed by atoms with Crippen LogP contribution in [0.15, 0.2) is 12.2 Å². The molecule has 0 spiro atoms. The summed E-state index contributed by atoms with van der Waals surface area (Å²) in [5, 5.41) is 0. The summed E-state index contributed by atoms with van der Waals surface area (Å²) < 4.78 is 5.27. The Morgan fingerprint density at radius 3 is 3.12 bits per heavy atom. The van der Waals surface area contributed by atoms with Gasteiger partial charge in [-0.05, 0) is 6.92 Å². The summed E-state index contributed by atoms with van der Waals surface area (Å²) in [6.45, 7) is 2.93. The van der Waals surface area contributed by atoms with E-state index in [4.69, 9.17) is 4.74 Å². The Labute approximate surface area is 54.1 Å². The number of hydrogen-bond donors (Lipinski definition) is 0. The average molecular weight is 130 g/mol. The fourth-order valence-electron chi connectivity index (χ4n) is 0.645. The Bertz CT molecular complexity index is 84.5. The lowest BCUT2D eigenvalue weighted by Crippen LogP contribution is -1.93. The first kappa shape index (κ1) is 6.17. The van der Waals surface area contributed by atoms with E-state index in [1.807, 2.05) is 24.8 Å². The van der Waals surface area contributed by atoms with Crippen LogP contribution in [0.4, 0.5) is 0 Å². The molecule has 2 heteroatoms. The van der Waals surface area contributed by atoms with E-state index in [1.165, 1.54) is 0 Å². The summed E-state index contributed by atoms with van der Waals surface area (Å²) in [5.74, 6) is 1.15. The van der Waals surface area contributed by atoms with Crippen molar-refractivity contribution in [2.75, 3.05) is 12.4 Å². The van der Waals surface area contributed by atoms with Crippen molar-refractivity contribution >= 4 is 11.8 Å². The molecule has 46 valence electrons. The minimum Gasteiger partial charge on any atom is -0.363 e. The number of thioether (sulfide) groups is 1. The molecule has 1 aliphatic rings. The van der Waals surface area contributed by atoms with Gasteiger partial charge >= 0.3 is 0 Å². The van der Waals surface area contributed by atoms with Crippen LogP contribution < -0.4 is 0 Å². The molecular formula is C6H10OS. The van der Waals surface area contributed by atoms with E-state index in [0.717, 1.165) is 12.4 Å². The normalized spacial score (nSPS) is 29.9. The lowest BCUT2D eigenvalue weighted by atomic mass is 10.5. The molecule has 8 heavy (non-hydrogen) atoms. The van der Waals surface area contributed by atoms with Crippen molar-refractivity contribution < 1.29 is 4.74 Å². The predicted molar refractivity (Wildman–Crippen MR) is 37.0 cm³/mol. The summed E-state index contributed by atoms with van der Waals surface area (Å²) >= 11 is 1.86. The van der Waals surface area contributed by atoms with Crippen molar-refractivity contribution in [3.05, 3.63) is 12.2 Å². The highest BCUT2D eigenvalue weighted by Crippen LogP contribution is 2.19.